The van der Waals surface area contributed by atoms with E-state index < -0.39 is 0 Å². The second-order valence-corrected chi connectivity index (χ2v) is 8.28. The molecule has 0 radical (unpaired) electrons. The molecule has 1 unspecified atom stereocenters. The number of carbonyl (C=O) groups excluding carboxylic acids is 1. The van der Waals surface area contributed by atoms with E-state index in [1.54, 1.807) is 0 Å². The van der Waals surface area contributed by atoms with Crippen molar-refractivity contribution in [1.82, 2.24) is 25.1 Å². The van der Waals surface area contributed by atoms with Crippen molar-refractivity contribution in [1.29, 1.82) is 0 Å². The van der Waals surface area contributed by atoms with E-state index in [-0.39, 0.29) is 18.2 Å². The molecule has 2 aromatic heterocycles. The third kappa shape index (κ3) is 4.10. The minimum atomic E-state index is -0.299. The predicted molar refractivity (Wildman–Crippen MR) is 109 cm³/mol. The highest BCUT2D eigenvalue weighted by Crippen LogP contribution is 2.26. The van der Waals surface area contributed by atoms with Gasteiger partial charge in [0.05, 0.1) is 37.2 Å². The maximum atomic E-state index is 12.1. The van der Waals surface area contributed by atoms with E-state index in [0.717, 1.165) is 49.9 Å². The van der Waals surface area contributed by atoms with Crippen molar-refractivity contribution in [3.8, 4) is 0 Å². The fraction of sp³-hybridized carbons (Fsp3) is 0.600. The van der Waals surface area contributed by atoms with Gasteiger partial charge in [-0.15, -0.1) is 0 Å². The SMILES string of the molecule is O=C(Nc1cc2n(n1)CCN(c1nccc(C3CCCOC3)n1)C2)N[C@H]1C[C@H](O)C1. The van der Waals surface area contributed by atoms with E-state index in [4.69, 9.17) is 9.72 Å². The molecule has 2 amide bonds. The first-order chi connectivity index (χ1) is 14.6. The second-order valence-electron chi connectivity index (χ2n) is 8.28. The number of urea groups is 1. The number of ether oxygens (including phenoxy) is 1. The summed E-state index contributed by atoms with van der Waals surface area (Å²) in [5.41, 5.74) is 2.05. The van der Waals surface area contributed by atoms with Crippen LogP contribution in [0.15, 0.2) is 18.3 Å². The van der Waals surface area contributed by atoms with Crippen molar-refractivity contribution in [2.24, 2.45) is 0 Å². The quantitative estimate of drug-likeness (QED) is 0.690. The number of rotatable bonds is 4. The molecule has 3 N–H and O–H groups in total. The molecule has 1 aliphatic carbocycles. The molecular weight excluding hydrogens is 386 g/mol. The summed E-state index contributed by atoms with van der Waals surface area (Å²) in [4.78, 5) is 23.6. The fourth-order valence-electron chi connectivity index (χ4n) is 4.26. The molecule has 160 valence electrons. The summed E-state index contributed by atoms with van der Waals surface area (Å²) in [7, 11) is 0. The number of aliphatic hydroxyl groups excluding tert-OH is 1. The molecule has 0 aromatic carbocycles. The number of aliphatic hydroxyl groups is 1. The van der Waals surface area contributed by atoms with E-state index in [0.29, 0.717) is 37.7 Å². The Morgan fingerprint density at radius 3 is 3.00 bits per heavy atom. The normalized spacial score (nSPS) is 25.9. The van der Waals surface area contributed by atoms with Crippen molar-refractivity contribution in [2.45, 2.75) is 56.8 Å². The zero-order valence-electron chi connectivity index (χ0n) is 16.8. The molecule has 10 nitrogen and oxygen atoms in total. The minimum absolute atomic E-state index is 0.0340. The lowest BCUT2D eigenvalue weighted by atomic mass is 9.90. The maximum Gasteiger partial charge on any atom is 0.320 e. The summed E-state index contributed by atoms with van der Waals surface area (Å²) < 4.78 is 7.52. The van der Waals surface area contributed by atoms with E-state index in [1.807, 2.05) is 23.0 Å². The third-order valence-corrected chi connectivity index (χ3v) is 6.01. The van der Waals surface area contributed by atoms with Crippen LogP contribution in [-0.4, -0.2) is 62.8 Å². The Balaban J connectivity index is 1.22. The summed E-state index contributed by atoms with van der Waals surface area (Å²) >= 11 is 0. The largest absolute Gasteiger partial charge is 0.393 e. The molecule has 30 heavy (non-hydrogen) atoms. The molecule has 1 atom stereocenters. The lowest BCUT2D eigenvalue weighted by molar-refractivity contribution is 0.0671. The number of aromatic nitrogens is 4. The van der Waals surface area contributed by atoms with Gasteiger partial charge in [0.2, 0.25) is 5.95 Å². The van der Waals surface area contributed by atoms with Crippen molar-refractivity contribution < 1.29 is 14.6 Å². The first-order valence-electron chi connectivity index (χ1n) is 10.6. The van der Waals surface area contributed by atoms with Crippen molar-refractivity contribution in [3.05, 3.63) is 29.7 Å². The smallest absolute Gasteiger partial charge is 0.320 e. The van der Waals surface area contributed by atoms with Crippen molar-refractivity contribution in [3.63, 3.8) is 0 Å². The molecule has 4 heterocycles. The Morgan fingerprint density at radius 1 is 1.30 bits per heavy atom. The van der Waals surface area contributed by atoms with Gasteiger partial charge in [-0.3, -0.25) is 10.00 Å². The number of nitrogens with one attached hydrogen (secondary N) is 2. The molecule has 2 fully saturated rings. The van der Waals surface area contributed by atoms with Gasteiger partial charge in [-0.2, -0.15) is 5.10 Å². The summed E-state index contributed by atoms with van der Waals surface area (Å²) in [6, 6.07) is 3.62. The highest BCUT2D eigenvalue weighted by atomic mass is 16.5. The van der Waals surface area contributed by atoms with Crippen LogP contribution in [0.1, 0.15) is 43.0 Å². The Bertz CT molecular complexity index is 906. The molecule has 10 heteroatoms. The van der Waals surface area contributed by atoms with Crippen LogP contribution < -0.4 is 15.5 Å². The fourth-order valence-corrected chi connectivity index (χ4v) is 4.26. The predicted octanol–water partition coefficient (Wildman–Crippen LogP) is 1.23. The van der Waals surface area contributed by atoms with Crippen LogP contribution in [0, 0.1) is 0 Å². The first-order valence-corrected chi connectivity index (χ1v) is 10.6. The monoisotopic (exact) mass is 413 g/mol. The average Bonchev–Trinajstić information content (AvgIpc) is 3.14. The molecule has 2 aliphatic heterocycles. The molecule has 0 bridgehead atoms. The van der Waals surface area contributed by atoms with Crippen LogP contribution in [0.4, 0.5) is 16.6 Å². The Morgan fingerprint density at radius 2 is 2.20 bits per heavy atom. The van der Waals surface area contributed by atoms with Gasteiger partial charge in [-0.25, -0.2) is 14.8 Å². The van der Waals surface area contributed by atoms with Crippen LogP contribution in [0.3, 0.4) is 0 Å². The number of fused-ring (bicyclic) bond motifs is 1. The van der Waals surface area contributed by atoms with Gasteiger partial charge < -0.3 is 20.1 Å². The highest BCUT2D eigenvalue weighted by Gasteiger charge is 2.29. The van der Waals surface area contributed by atoms with Crippen LogP contribution in [-0.2, 0) is 17.8 Å². The van der Waals surface area contributed by atoms with E-state index in [9.17, 15) is 9.90 Å². The summed E-state index contributed by atoms with van der Waals surface area (Å²) in [5, 5.41) is 19.5. The number of hydrogen-bond donors (Lipinski definition) is 3. The third-order valence-electron chi connectivity index (χ3n) is 6.01. The van der Waals surface area contributed by atoms with E-state index in [2.05, 4.69) is 25.6 Å². The summed E-state index contributed by atoms with van der Waals surface area (Å²) in [6.45, 7) is 3.65. The van der Waals surface area contributed by atoms with E-state index >= 15 is 0 Å². The molecule has 1 saturated carbocycles. The molecule has 3 aliphatic rings. The standard InChI is InChI=1S/C20H27N7O3/c28-16-8-14(9-16)22-20(29)24-18-10-15-11-26(5-6-27(15)25-18)19-21-4-3-17(23-19)13-2-1-7-30-12-13/h3-4,10,13-14,16,28H,1-2,5-9,11-12H2,(H2,22,24,25,29)/t13?,14-,16-. The Labute approximate surface area is 174 Å². The van der Waals surface area contributed by atoms with Crippen LogP contribution in [0.25, 0.3) is 0 Å². The van der Waals surface area contributed by atoms with Crippen molar-refractivity contribution in [2.75, 3.05) is 30.0 Å². The van der Waals surface area contributed by atoms with Gasteiger partial charge in [-0.1, -0.05) is 0 Å². The zero-order valence-corrected chi connectivity index (χ0v) is 16.8. The first kappa shape index (κ1) is 19.3. The van der Waals surface area contributed by atoms with Crippen LogP contribution in [0.5, 0.6) is 0 Å². The van der Waals surface area contributed by atoms with Crippen molar-refractivity contribution >= 4 is 17.8 Å². The number of carbonyl (C=O) groups is 1. The molecule has 5 rings (SSSR count). The average molecular weight is 413 g/mol. The van der Waals surface area contributed by atoms with Crippen LogP contribution >= 0.6 is 0 Å². The topological polar surface area (TPSA) is 117 Å². The Kier molecular flexibility index (Phi) is 5.26. The van der Waals surface area contributed by atoms with Gasteiger partial charge in [0, 0.05) is 37.4 Å². The molecule has 0 spiro atoms. The maximum absolute atomic E-state index is 12.1. The molecule has 1 saturated heterocycles. The second kappa shape index (κ2) is 8.19. The number of hydrogen-bond acceptors (Lipinski definition) is 7. The lowest BCUT2D eigenvalue weighted by Gasteiger charge is -2.31. The number of anilines is 2. The summed E-state index contributed by atoms with van der Waals surface area (Å²) in [5.74, 6) is 1.58. The van der Waals surface area contributed by atoms with Gasteiger partial charge in [0.15, 0.2) is 5.82 Å². The molecular formula is C20H27N7O3. The van der Waals surface area contributed by atoms with Gasteiger partial charge in [-0.05, 0) is 31.7 Å². The van der Waals surface area contributed by atoms with E-state index in [1.165, 1.54) is 0 Å². The highest BCUT2D eigenvalue weighted by molar-refractivity contribution is 5.88. The lowest BCUT2D eigenvalue weighted by Crippen LogP contribution is -2.48. The summed E-state index contributed by atoms with van der Waals surface area (Å²) in [6.07, 6.45) is 4.90. The number of amides is 2. The van der Waals surface area contributed by atoms with Gasteiger partial charge in [0.25, 0.3) is 0 Å². The molecule has 2 aromatic rings. The van der Waals surface area contributed by atoms with Crippen LogP contribution in [0.2, 0.25) is 0 Å². The Hall–Kier alpha value is -2.72. The minimum Gasteiger partial charge on any atom is -0.393 e. The van der Waals surface area contributed by atoms with Gasteiger partial charge >= 0.3 is 6.03 Å². The van der Waals surface area contributed by atoms with Gasteiger partial charge in [0.1, 0.15) is 0 Å². The zero-order chi connectivity index (χ0) is 20.5. The number of nitrogens with zero attached hydrogens (tertiary/aromatic N) is 5.